The summed E-state index contributed by atoms with van der Waals surface area (Å²) in [5, 5.41) is 0. The van der Waals surface area contributed by atoms with Gasteiger partial charge in [0.25, 0.3) is 0 Å². The maximum atomic E-state index is 13.3. The second-order valence-electron chi connectivity index (χ2n) is 8.77. The number of carbonyl (C=O) groups is 1. The minimum Gasteiger partial charge on any atom is -0.494 e. The van der Waals surface area contributed by atoms with E-state index in [0.717, 1.165) is 17.7 Å². The molecule has 3 aromatic rings. The van der Waals surface area contributed by atoms with Crippen LogP contribution in [0.4, 0.5) is 13.2 Å². The Morgan fingerprint density at radius 2 is 1.22 bits per heavy atom. The van der Waals surface area contributed by atoms with E-state index in [0.29, 0.717) is 24.3 Å². The lowest BCUT2D eigenvalue weighted by molar-refractivity contribution is 0.0733. The molecule has 6 heteroatoms. The molecule has 0 atom stereocenters. The molecule has 0 spiro atoms. The highest BCUT2D eigenvalue weighted by atomic mass is 19.2. The summed E-state index contributed by atoms with van der Waals surface area (Å²) in [7, 11) is 0. The zero-order valence-corrected chi connectivity index (χ0v) is 21.0. The minimum absolute atomic E-state index is 0.161. The molecule has 0 radical (unpaired) electrons. The number of ether oxygens (including phenoxy) is 2. The van der Waals surface area contributed by atoms with Crippen LogP contribution < -0.4 is 9.47 Å². The number of rotatable bonds is 12. The third-order valence-corrected chi connectivity index (χ3v) is 5.76. The molecule has 0 N–H and O–H groups in total. The van der Waals surface area contributed by atoms with Crippen molar-refractivity contribution in [1.29, 1.82) is 0 Å². The summed E-state index contributed by atoms with van der Waals surface area (Å²) in [5.74, 6) is 1.16. The Labute approximate surface area is 216 Å². The molecule has 0 fully saturated rings. The van der Waals surface area contributed by atoms with Gasteiger partial charge in [-0.1, -0.05) is 63.7 Å². The lowest BCUT2D eigenvalue weighted by Gasteiger charge is -2.06. The SMILES string of the molecule is CCCCCCCCCCOc1ccc(C#Cc2ccc(C(=O)Oc3cc(F)c(F)c(F)c3)cc2)cc1. The summed E-state index contributed by atoms with van der Waals surface area (Å²) in [4.78, 5) is 12.2. The van der Waals surface area contributed by atoms with Gasteiger partial charge in [-0.25, -0.2) is 18.0 Å². The van der Waals surface area contributed by atoms with Gasteiger partial charge in [-0.3, -0.25) is 0 Å². The van der Waals surface area contributed by atoms with Crippen LogP contribution in [0.2, 0.25) is 0 Å². The quantitative estimate of drug-likeness (QED) is 0.0812. The highest BCUT2D eigenvalue weighted by Crippen LogP contribution is 2.20. The monoisotopic (exact) mass is 508 g/mol. The van der Waals surface area contributed by atoms with Crippen molar-refractivity contribution >= 4 is 5.97 Å². The molecule has 0 aliphatic rings. The number of halogens is 3. The van der Waals surface area contributed by atoms with Gasteiger partial charge in [-0.05, 0) is 55.0 Å². The lowest BCUT2D eigenvalue weighted by atomic mass is 10.1. The Hall–Kier alpha value is -3.72. The van der Waals surface area contributed by atoms with Gasteiger partial charge in [0.2, 0.25) is 0 Å². The van der Waals surface area contributed by atoms with Gasteiger partial charge < -0.3 is 9.47 Å². The predicted molar refractivity (Wildman–Crippen MR) is 138 cm³/mol. The van der Waals surface area contributed by atoms with Crippen LogP contribution in [0, 0.1) is 29.3 Å². The molecule has 0 unspecified atom stereocenters. The van der Waals surface area contributed by atoms with Crippen molar-refractivity contribution in [2.45, 2.75) is 58.3 Å². The van der Waals surface area contributed by atoms with Crippen molar-refractivity contribution in [2.24, 2.45) is 0 Å². The van der Waals surface area contributed by atoms with E-state index in [1.165, 1.54) is 57.1 Å². The Morgan fingerprint density at radius 3 is 1.78 bits per heavy atom. The van der Waals surface area contributed by atoms with E-state index in [1.54, 1.807) is 12.1 Å². The van der Waals surface area contributed by atoms with Crippen LogP contribution in [-0.4, -0.2) is 12.6 Å². The number of carbonyl (C=O) groups excluding carboxylic acids is 1. The Kier molecular flexibility index (Phi) is 11.1. The van der Waals surface area contributed by atoms with Gasteiger partial charge >= 0.3 is 5.97 Å². The van der Waals surface area contributed by atoms with E-state index in [-0.39, 0.29) is 5.56 Å². The van der Waals surface area contributed by atoms with Crippen LogP contribution >= 0.6 is 0 Å². The highest BCUT2D eigenvalue weighted by molar-refractivity contribution is 5.91. The van der Waals surface area contributed by atoms with Crippen LogP contribution in [0.5, 0.6) is 11.5 Å². The molecule has 3 aromatic carbocycles. The van der Waals surface area contributed by atoms with Crippen molar-refractivity contribution in [3.8, 4) is 23.3 Å². The van der Waals surface area contributed by atoms with E-state index in [9.17, 15) is 18.0 Å². The fraction of sp³-hybridized carbons (Fsp3) is 0.323. The van der Waals surface area contributed by atoms with E-state index in [1.807, 2.05) is 24.3 Å². The first-order chi connectivity index (χ1) is 18.0. The second kappa shape index (κ2) is 14.7. The summed E-state index contributed by atoms with van der Waals surface area (Å²) in [6.45, 7) is 2.94. The van der Waals surface area contributed by atoms with E-state index < -0.39 is 29.2 Å². The number of benzene rings is 3. The summed E-state index contributed by atoms with van der Waals surface area (Å²) in [6.07, 6.45) is 10.1. The topological polar surface area (TPSA) is 35.5 Å². The maximum Gasteiger partial charge on any atom is 0.343 e. The Morgan fingerprint density at radius 1 is 0.703 bits per heavy atom. The Balaban J connectivity index is 1.44. The molecule has 0 saturated heterocycles. The zero-order valence-electron chi connectivity index (χ0n) is 21.0. The van der Waals surface area contributed by atoms with Gasteiger partial charge in [0.05, 0.1) is 12.2 Å². The van der Waals surface area contributed by atoms with Crippen LogP contribution in [0.3, 0.4) is 0 Å². The summed E-state index contributed by atoms with van der Waals surface area (Å²) in [5.41, 5.74) is 1.66. The van der Waals surface area contributed by atoms with Gasteiger partial charge in [-0.2, -0.15) is 0 Å². The average molecular weight is 509 g/mol. The molecule has 3 nitrogen and oxygen atoms in total. The molecule has 0 saturated carbocycles. The first-order valence-corrected chi connectivity index (χ1v) is 12.7. The first-order valence-electron chi connectivity index (χ1n) is 12.7. The third kappa shape index (κ3) is 9.34. The number of unbranched alkanes of at least 4 members (excludes halogenated alkanes) is 7. The molecule has 3 rings (SSSR count). The van der Waals surface area contributed by atoms with Crippen molar-refractivity contribution < 1.29 is 27.4 Å². The lowest BCUT2D eigenvalue weighted by Crippen LogP contribution is -2.09. The molecule has 0 aliphatic carbocycles. The standard InChI is InChI=1S/C31H31F3O3/c1-2-3-4-5-6-7-8-9-20-36-26-18-14-24(15-19-26)11-10-23-12-16-25(17-13-23)31(35)37-27-21-28(32)30(34)29(33)22-27/h12-19,21-22H,2-9,20H2,1H3. The molecule has 37 heavy (non-hydrogen) atoms. The highest BCUT2D eigenvalue weighted by Gasteiger charge is 2.14. The predicted octanol–water partition coefficient (Wildman–Crippen LogP) is 8.24. The fourth-order valence-corrected chi connectivity index (χ4v) is 3.65. The molecular weight excluding hydrogens is 477 g/mol. The van der Waals surface area contributed by atoms with Crippen LogP contribution in [0.15, 0.2) is 60.7 Å². The normalized spacial score (nSPS) is 10.5. The third-order valence-electron chi connectivity index (χ3n) is 5.76. The second-order valence-corrected chi connectivity index (χ2v) is 8.77. The summed E-state index contributed by atoms with van der Waals surface area (Å²) in [6, 6.07) is 15.1. The molecule has 194 valence electrons. The van der Waals surface area contributed by atoms with Gasteiger partial charge in [0.1, 0.15) is 11.5 Å². The average Bonchev–Trinajstić information content (AvgIpc) is 2.90. The molecule has 0 aromatic heterocycles. The fourth-order valence-electron chi connectivity index (χ4n) is 3.65. The number of hydrogen-bond donors (Lipinski definition) is 0. The van der Waals surface area contributed by atoms with Gasteiger partial charge in [0, 0.05) is 23.3 Å². The van der Waals surface area contributed by atoms with Crippen LogP contribution in [-0.2, 0) is 0 Å². The smallest absolute Gasteiger partial charge is 0.343 e. The molecule has 0 bridgehead atoms. The van der Waals surface area contributed by atoms with Gasteiger partial charge in [-0.15, -0.1) is 0 Å². The molecule has 0 amide bonds. The van der Waals surface area contributed by atoms with Crippen molar-refractivity contribution in [3.63, 3.8) is 0 Å². The summed E-state index contributed by atoms with van der Waals surface area (Å²) >= 11 is 0. The molecule has 0 aliphatic heterocycles. The van der Waals surface area contributed by atoms with Crippen LogP contribution in [0.25, 0.3) is 0 Å². The van der Waals surface area contributed by atoms with Gasteiger partial charge in [0.15, 0.2) is 17.5 Å². The van der Waals surface area contributed by atoms with Crippen molar-refractivity contribution in [3.05, 3.63) is 94.8 Å². The minimum atomic E-state index is -1.62. The van der Waals surface area contributed by atoms with E-state index in [2.05, 4.69) is 18.8 Å². The Bertz CT molecular complexity index is 1190. The molecular formula is C31H31F3O3. The van der Waals surface area contributed by atoms with Crippen molar-refractivity contribution in [2.75, 3.05) is 6.61 Å². The first kappa shape index (κ1) is 27.9. The number of hydrogen-bond acceptors (Lipinski definition) is 3. The number of esters is 1. The van der Waals surface area contributed by atoms with E-state index >= 15 is 0 Å². The maximum absolute atomic E-state index is 13.3. The zero-order chi connectivity index (χ0) is 26.5. The largest absolute Gasteiger partial charge is 0.494 e. The van der Waals surface area contributed by atoms with Crippen molar-refractivity contribution in [1.82, 2.24) is 0 Å². The van der Waals surface area contributed by atoms with E-state index in [4.69, 9.17) is 9.47 Å². The molecule has 0 heterocycles. The van der Waals surface area contributed by atoms with Crippen LogP contribution in [0.1, 0.15) is 79.8 Å². The summed E-state index contributed by atoms with van der Waals surface area (Å²) < 4.78 is 50.4.